The third-order valence-electron chi connectivity index (χ3n) is 3.31. The van der Waals surface area contributed by atoms with Crippen LogP contribution in [-0.4, -0.2) is 18.3 Å². The normalized spacial score (nSPS) is 38.2. The quantitative estimate of drug-likeness (QED) is 0.593. The first kappa shape index (κ1) is 9.97. The Morgan fingerprint density at radius 1 is 1.42 bits per heavy atom. The van der Waals surface area contributed by atoms with Crippen molar-refractivity contribution in [3.05, 3.63) is 0 Å². The van der Waals surface area contributed by atoms with E-state index in [4.69, 9.17) is 0 Å². The maximum Gasteiger partial charge on any atom is 0.118 e. The van der Waals surface area contributed by atoms with Gasteiger partial charge in [0.2, 0.25) is 0 Å². The standard InChI is InChI=1S/C10H20FN/c1-9(2,3)10(4)8(11)6-5-7-12-10/h8,12H,5-7H2,1-4H3. The number of nitrogens with one attached hydrogen (secondary N) is 1. The largest absolute Gasteiger partial charge is 0.308 e. The van der Waals surface area contributed by atoms with Crippen LogP contribution in [0.4, 0.5) is 4.39 Å². The van der Waals surface area contributed by atoms with Gasteiger partial charge in [0.05, 0.1) is 5.54 Å². The van der Waals surface area contributed by atoms with Crippen LogP contribution in [0.2, 0.25) is 0 Å². The van der Waals surface area contributed by atoms with Crippen molar-refractivity contribution in [1.82, 2.24) is 5.32 Å². The molecule has 0 spiro atoms. The summed E-state index contributed by atoms with van der Waals surface area (Å²) in [5, 5.41) is 3.31. The zero-order valence-electron chi connectivity index (χ0n) is 8.58. The van der Waals surface area contributed by atoms with Gasteiger partial charge in [0, 0.05) is 0 Å². The summed E-state index contributed by atoms with van der Waals surface area (Å²) < 4.78 is 13.7. The molecule has 1 fully saturated rings. The number of rotatable bonds is 0. The second-order valence-electron chi connectivity index (χ2n) is 4.99. The molecule has 2 heteroatoms. The van der Waals surface area contributed by atoms with Gasteiger partial charge in [0.15, 0.2) is 0 Å². The maximum absolute atomic E-state index is 13.7. The predicted molar refractivity (Wildman–Crippen MR) is 50.0 cm³/mol. The van der Waals surface area contributed by atoms with E-state index < -0.39 is 6.17 Å². The average Bonchev–Trinajstić information content (AvgIpc) is 1.93. The van der Waals surface area contributed by atoms with E-state index >= 15 is 0 Å². The topological polar surface area (TPSA) is 12.0 Å². The zero-order chi connectivity index (χ0) is 9.41. The van der Waals surface area contributed by atoms with Crippen LogP contribution in [0.3, 0.4) is 0 Å². The summed E-state index contributed by atoms with van der Waals surface area (Å²) in [4.78, 5) is 0. The molecule has 0 aromatic rings. The van der Waals surface area contributed by atoms with E-state index in [1.165, 1.54) is 0 Å². The Balaban J connectivity index is 2.79. The van der Waals surface area contributed by atoms with Gasteiger partial charge in [0.25, 0.3) is 0 Å². The predicted octanol–water partition coefficient (Wildman–Crippen LogP) is 2.51. The van der Waals surface area contributed by atoms with Gasteiger partial charge in [0.1, 0.15) is 6.17 Å². The molecule has 0 aliphatic carbocycles. The average molecular weight is 173 g/mol. The van der Waals surface area contributed by atoms with Crippen molar-refractivity contribution in [3.63, 3.8) is 0 Å². The zero-order valence-corrected chi connectivity index (χ0v) is 8.58. The third kappa shape index (κ3) is 1.49. The van der Waals surface area contributed by atoms with E-state index in [1.54, 1.807) is 0 Å². The molecule has 1 aliphatic rings. The summed E-state index contributed by atoms with van der Waals surface area (Å²) in [6, 6.07) is 0. The Kier molecular flexibility index (Phi) is 2.48. The van der Waals surface area contributed by atoms with Gasteiger partial charge in [-0.2, -0.15) is 0 Å². The fourth-order valence-electron chi connectivity index (χ4n) is 1.76. The van der Waals surface area contributed by atoms with Gasteiger partial charge >= 0.3 is 0 Å². The first-order valence-corrected chi connectivity index (χ1v) is 4.77. The number of hydrogen-bond acceptors (Lipinski definition) is 1. The summed E-state index contributed by atoms with van der Waals surface area (Å²) in [5.41, 5.74) is -0.349. The Labute approximate surface area is 74.7 Å². The minimum absolute atomic E-state index is 0.00711. The van der Waals surface area contributed by atoms with Gasteiger partial charge < -0.3 is 5.32 Å². The van der Waals surface area contributed by atoms with Crippen LogP contribution in [0, 0.1) is 5.41 Å². The van der Waals surface area contributed by atoms with E-state index in [9.17, 15) is 4.39 Å². The number of hydrogen-bond donors (Lipinski definition) is 1. The molecule has 0 bridgehead atoms. The second-order valence-corrected chi connectivity index (χ2v) is 4.99. The van der Waals surface area contributed by atoms with Crippen molar-refractivity contribution in [2.45, 2.75) is 52.2 Å². The molecular weight excluding hydrogens is 153 g/mol. The lowest BCUT2D eigenvalue weighted by Gasteiger charge is -2.47. The van der Waals surface area contributed by atoms with E-state index in [0.717, 1.165) is 13.0 Å². The Morgan fingerprint density at radius 2 is 2.00 bits per heavy atom. The molecule has 1 aliphatic heterocycles. The molecule has 0 saturated carbocycles. The summed E-state index contributed by atoms with van der Waals surface area (Å²) in [6.07, 6.45) is 0.972. The van der Waals surface area contributed by atoms with Crippen molar-refractivity contribution in [2.24, 2.45) is 5.41 Å². The highest BCUT2D eigenvalue weighted by Gasteiger charge is 2.45. The molecule has 0 aromatic carbocycles. The maximum atomic E-state index is 13.7. The SMILES string of the molecule is CC(C)(C)C1(C)NCCCC1F. The minimum Gasteiger partial charge on any atom is -0.308 e. The van der Waals surface area contributed by atoms with Crippen LogP contribution in [0.5, 0.6) is 0 Å². The van der Waals surface area contributed by atoms with E-state index in [2.05, 4.69) is 26.1 Å². The summed E-state index contributed by atoms with van der Waals surface area (Å²) in [6.45, 7) is 9.23. The Bertz CT molecular complexity index is 162. The van der Waals surface area contributed by atoms with Crippen molar-refractivity contribution in [1.29, 1.82) is 0 Å². The minimum atomic E-state index is -0.703. The van der Waals surface area contributed by atoms with E-state index in [1.807, 2.05) is 6.92 Å². The molecule has 1 heterocycles. The Morgan fingerprint density at radius 3 is 2.33 bits per heavy atom. The fraction of sp³-hybridized carbons (Fsp3) is 1.00. The van der Waals surface area contributed by atoms with Crippen molar-refractivity contribution in [2.75, 3.05) is 6.54 Å². The molecule has 1 saturated heterocycles. The van der Waals surface area contributed by atoms with Crippen LogP contribution < -0.4 is 5.32 Å². The highest BCUT2D eigenvalue weighted by molar-refractivity contribution is 5.02. The first-order chi connectivity index (χ1) is 5.38. The summed E-state index contributed by atoms with van der Waals surface area (Å²) in [7, 11) is 0. The summed E-state index contributed by atoms with van der Waals surface area (Å²) in [5.74, 6) is 0. The molecule has 12 heavy (non-hydrogen) atoms. The smallest absolute Gasteiger partial charge is 0.118 e. The van der Waals surface area contributed by atoms with Crippen LogP contribution in [0.25, 0.3) is 0 Å². The lowest BCUT2D eigenvalue weighted by molar-refractivity contribution is 0.0303. The van der Waals surface area contributed by atoms with Gasteiger partial charge in [-0.05, 0) is 31.7 Å². The third-order valence-corrected chi connectivity index (χ3v) is 3.31. The van der Waals surface area contributed by atoms with Crippen molar-refractivity contribution < 1.29 is 4.39 Å². The number of halogens is 1. The second kappa shape index (κ2) is 2.99. The van der Waals surface area contributed by atoms with Gasteiger partial charge in [-0.25, -0.2) is 4.39 Å². The molecule has 0 radical (unpaired) electrons. The molecule has 2 atom stereocenters. The van der Waals surface area contributed by atoms with Crippen LogP contribution in [-0.2, 0) is 0 Å². The van der Waals surface area contributed by atoms with Crippen LogP contribution >= 0.6 is 0 Å². The Hall–Kier alpha value is -0.110. The van der Waals surface area contributed by atoms with Crippen LogP contribution in [0.1, 0.15) is 40.5 Å². The molecule has 1 N–H and O–H groups in total. The molecule has 0 aromatic heterocycles. The molecular formula is C10H20FN. The highest BCUT2D eigenvalue weighted by Crippen LogP contribution is 2.37. The molecule has 1 nitrogen and oxygen atoms in total. The first-order valence-electron chi connectivity index (χ1n) is 4.77. The number of alkyl halides is 1. The molecule has 0 amide bonds. The summed E-state index contributed by atoms with van der Waals surface area (Å²) >= 11 is 0. The molecule has 1 rings (SSSR count). The molecule has 72 valence electrons. The van der Waals surface area contributed by atoms with Crippen molar-refractivity contribution >= 4 is 0 Å². The van der Waals surface area contributed by atoms with E-state index in [-0.39, 0.29) is 11.0 Å². The number of piperidine rings is 1. The van der Waals surface area contributed by atoms with Gasteiger partial charge in [-0.1, -0.05) is 20.8 Å². The van der Waals surface area contributed by atoms with Crippen LogP contribution in [0.15, 0.2) is 0 Å². The van der Waals surface area contributed by atoms with E-state index in [0.29, 0.717) is 6.42 Å². The lowest BCUT2D eigenvalue weighted by Crippen LogP contribution is -2.61. The monoisotopic (exact) mass is 173 g/mol. The lowest BCUT2D eigenvalue weighted by atomic mass is 9.69. The molecule has 2 unspecified atom stereocenters. The van der Waals surface area contributed by atoms with Gasteiger partial charge in [-0.15, -0.1) is 0 Å². The van der Waals surface area contributed by atoms with Gasteiger partial charge in [-0.3, -0.25) is 0 Å². The van der Waals surface area contributed by atoms with Crippen molar-refractivity contribution in [3.8, 4) is 0 Å². The highest BCUT2D eigenvalue weighted by atomic mass is 19.1. The fourth-order valence-corrected chi connectivity index (χ4v) is 1.76.